The maximum Gasteiger partial charge on any atom is 0.341 e. The molecule has 3 aromatic rings. The van der Waals surface area contributed by atoms with E-state index in [4.69, 9.17) is 9.84 Å². The molecule has 4 nitrogen and oxygen atoms in total. The topological polar surface area (TPSA) is 66.8 Å². The largest absolute Gasteiger partial charge is 0.504 e. The number of carboxylic acid groups (broad SMARTS) is 1. The Morgan fingerprint density at radius 1 is 0.933 bits per heavy atom. The average molecular weight is 421 g/mol. The Morgan fingerprint density at radius 2 is 1.50 bits per heavy atom. The predicted octanol–water partition coefficient (Wildman–Crippen LogP) is 5.70. The zero-order valence-electron chi connectivity index (χ0n) is 17.0. The minimum atomic E-state index is -1.09. The molecule has 0 aliphatic heterocycles. The Morgan fingerprint density at radius 3 is 2.00 bits per heavy atom. The van der Waals surface area contributed by atoms with Gasteiger partial charge in [0.1, 0.15) is 0 Å². The van der Waals surface area contributed by atoms with Gasteiger partial charge in [0, 0.05) is 10.6 Å². The highest BCUT2D eigenvalue weighted by Crippen LogP contribution is 2.32. The van der Waals surface area contributed by atoms with Crippen LogP contribution in [0.15, 0.2) is 77.7 Å². The molecule has 0 amide bonds. The summed E-state index contributed by atoms with van der Waals surface area (Å²) in [6.45, 7) is 3.66. The average Bonchev–Trinajstić information content (AvgIpc) is 2.72. The van der Waals surface area contributed by atoms with E-state index in [1.54, 1.807) is 23.9 Å². The Bertz CT molecular complexity index is 990. The van der Waals surface area contributed by atoms with E-state index in [9.17, 15) is 9.90 Å². The van der Waals surface area contributed by atoms with Crippen LogP contribution in [0.3, 0.4) is 0 Å². The van der Waals surface area contributed by atoms with Gasteiger partial charge in [0.25, 0.3) is 0 Å². The third kappa shape index (κ3) is 5.91. The molecule has 0 spiro atoms. The number of benzene rings is 3. The summed E-state index contributed by atoms with van der Waals surface area (Å²) in [7, 11) is 0. The van der Waals surface area contributed by atoms with E-state index in [0.717, 1.165) is 21.6 Å². The molecule has 5 heteroatoms. The first kappa shape index (κ1) is 21.5. The normalized spacial score (nSPS) is 10.5. The number of thioether (sulfide) groups is 1. The number of phenols is 1. The van der Waals surface area contributed by atoms with Crippen molar-refractivity contribution < 1.29 is 19.7 Å². The molecule has 3 rings (SSSR count). The standard InChI is InChI=1S/C25H24O4S/c1-17-3-7-19(8-4-17)22(20-9-5-18(2)6-10-20)13-14-30-21-11-12-24(23(26)15-21)29-16-25(27)28/h3-13,15,26H,14,16H2,1-2H3,(H,27,28). The van der Waals surface area contributed by atoms with Crippen LogP contribution in [-0.4, -0.2) is 28.5 Å². The molecule has 154 valence electrons. The minimum Gasteiger partial charge on any atom is -0.504 e. The lowest BCUT2D eigenvalue weighted by molar-refractivity contribution is -0.139. The van der Waals surface area contributed by atoms with Crippen LogP contribution in [0.5, 0.6) is 11.5 Å². The van der Waals surface area contributed by atoms with Crippen molar-refractivity contribution >= 4 is 23.3 Å². The number of rotatable bonds is 8. The summed E-state index contributed by atoms with van der Waals surface area (Å²) in [5.74, 6) is -0.274. The number of aromatic hydroxyl groups is 1. The first-order valence-corrected chi connectivity index (χ1v) is 10.6. The Hall–Kier alpha value is -3.18. The van der Waals surface area contributed by atoms with Crippen LogP contribution in [0.4, 0.5) is 0 Å². The first-order chi connectivity index (χ1) is 14.4. The van der Waals surface area contributed by atoms with Gasteiger partial charge in [-0.1, -0.05) is 65.7 Å². The zero-order valence-corrected chi connectivity index (χ0v) is 17.8. The minimum absolute atomic E-state index is 0.0671. The molecule has 0 atom stereocenters. The molecule has 0 bridgehead atoms. The second-order valence-electron chi connectivity index (χ2n) is 6.97. The number of carboxylic acids is 1. The zero-order chi connectivity index (χ0) is 21.5. The summed E-state index contributed by atoms with van der Waals surface area (Å²) in [5.41, 5.74) is 5.91. The highest BCUT2D eigenvalue weighted by Gasteiger charge is 2.08. The molecular weight excluding hydrogens is 396 g/mol. The van der Waals surface area contributed by atoms with Crippen LogP contribution in [-0.2, 0) is 4.79 Å². The van der Waals surface area contributed by atoms with Gasteiger partial charge in [-0.15, -0.1) is 11.8 Å². The van der Waals surface area contributed by atoms with Gasteiger partial charge in [-0.3, -0.25) is 0 Å². The van der Waals surface area contributed by atoms with Crippen molar-refractivity contribution in [3.05, 3.63) is 95.1 Å². The Kier molecular flexibility index (Phi) is 7.20. The lowest BCUT2D eigenvalue weighted by Gasteiger charge is -2.11. The van der Waals surface area contributed by atoms with E-state index in [1.165, 1.54) is 11.1 Å². The number of phenolic OH excluding ortho intramolecular Hbond substituents is 1. The lowest BCUT2D eigenvalue weighted by atomic mass is 9.96. The smallest absolute Gasteiger partial charge is 0.341 e. The van der Waals surface area contributed by atoms with Crippen molar-refractivity contribution in [1.82, 2.24) is 0 Å². The molecule has 0 saturated heterocycles. The van der Waals surface area contributed by atoms with Crippen molar-refractivity contribution in [2.75, 3.05) is 12.4 Å². The molecule has 30 heavy (non-hydrogen) atoms. The van der Waals surface area contributed by atoms with Crippen molar-refractivity contribution in [1.29, 1.82) is 0 Å². The maximum atomic E-state index is 10.6. The molecule has 2 N–H and O–H groups in total. The van der Waals surface area contributed by atoms with Gasteiger partial charge in [-0.05, 0) is 48.7 Å². The number of hydrogen-bond acceptors (Lipinski definition) is 4. The van der Waals surface area contributed by atoms with Gasteiger partial charge in [0.15, 0.2) is 18.1 Å². The van der Waals surface area contributed by atoms with E-state index in [-0.39, 0.29) is 11.5 Å². The third-order valence-electron chi connectivity index (χ3n) is 4.54. The van der Waals surface area contributed by atoms with Gasteiger partial charge in [-0.25, -0.2) is 4.79 Å². The molecule has 0 saturated carbocycles. The van der Waals surface area contributed by atoms with Crippen molar-refractivity contribution in [2.24, 2.45) is 0 Å². The van der Waals surface area contributed by atoms with Crippen LogP contribution >= 0.6 is 11.8 Å². The highest BCUT2D eigenvalue weighted by atomic mass is 32.2. The molecular formula is C25H24O4S. The number of aryl methyl sites for hydroxylation is 2. The van der Waals surface area contributed by atoms with Crippen LogP contribution in [0.2, 0.25) is 0 Å². The van der Waals surface area contributed by atoms with E-state index < -0.39 is 12.6 Å². The third-order valence-corrected chi connectivity index (χ3v) is 5.46. The van der Waals surface area contributed by atoms with Crippen LogP contribution in [0.1, 0.15) is 22.3 Å². The Balaban J connectivity index is 1.77. The van der Waals surface area contributed by atoms with Crippen LogP contribution < -0.4 is 4.74 Å². The van der Waals surface area contributed by atoms with E-state index in [0.29, 0.717) is 5.75 Å². The van der Waals surface area contributed by atoms with Crippen LogP contribution in [0.25, 0.3) is 5.57 Å². The fraction of sp³-hybridized carbons (Fsp3) is 0.160. The Labute approximate surface area is 180 Å². The molecule has 0 aliphatic carbocycles. The maximum absolute atomic E-state index is 10.6. The molecule has 0 aromatic heterocycles. The van der Waals surface area contributed by atoms with Gasteiger partial charge >= 0.3 is 5.97 Å². The van der Waals surface area contributed by atoms with Gasteiger partial charge in [-0.2, -0.15) is 0 Å². The highest BCUT2D eigenvalue weighted by molar-refractivity contribution is 7.99. The number of hydrogen-bond donors (Lipinski definition) is 2. The summed E-state index contributed by atoms with van der Waals surface area (Å²) < 4.78 is 5.06. The number of aliphatic carboxylic acids is 1. The molecule has 0 aliphatic rings. The van der Waals surface area contributed by atoms with Crippen molar-refractivity contribution in [2.45, 2.75) is 18.7 Å². The van der Waals surface area contributed by atoms with Crippen molar-refractivity contribution in [3.8, 4) is 11.5 Å². The summed E-state index contributed by atoms with van der Waals surface area (Å²) in [6, 6.07) is 22.0. The fourth-order valence-electron chi connectivity index (χ4n) is 2.94. The SMILES string of the molecule is Cc1ccc(C(=CCSc2ccc(OCC(=O)O)c(O)c2)c2ccc(C)cc2)cc1. The van der Waals surface area contributed by atoms with Gasteiger partial charge < -0.3 is 14.9 Å². The molecule has 0 heterocycles. The number of ether oxygens (including phenoxy) is 1. The lowest BCUT2D eigenvalue weighted by Crippen LogP contribution is -2.09. The quantitative estimate of drug-likeness (QED) is 0.458. The summed E-state index contributed by atoms with van der Waals surface area (Å²) in [4.78, 5) is 11.5. The second-order valence-corrected chi connectivity index (χ2v) is 8.07. The molecule has 3 aromatic carbocycles. The second kappa shape index (κ2) is 10.0. The van der Waals surface area contributed by atoms with E-state index in [1.807, 2.05) is 6.07 Å². The summed E-state index contributed by atoms with van der Waals surface area (Å²) in [5, 5.41) is 18.8. The number of carbonyl (C=O) groups is 1. The predicted molar refractivity (Wildman–Crippen MR) is 121 cm³/mol. The molecule has 0 unspecified atom stereocenters. The van der Waals surface area contributed by atoms with Crippen LogP contribution in [0, 0.1) is 13.8 Å². The summed E-state index contributed by atoms with van der Waals surface area (Å²) >= 11 is 1.58. The van der Waals surface area contributed by atoms with E-state index in [2.05, 4.69) is 68.5 Å². The first-order valence-electron chi connectivity index (χ1n) is 9.57. The van der Waals surface area contributed by atoms with E-state index >= 15 is 0 Å². The summed E-state index contributed by atoms with van der Waals surface area (Å²) in [6.07, 6.45) is 2.19. The fourth-order valence-corrected chi connectivity index (χ4v) is 3.74. The monoisotopic (exact) mass is 420 g/mol. The molecule has 0 fully saturated rings. The van der Waals surface area contributed by atoms with Crippen molar-refractivity contribution in [3.63, 3.8) is 0 Å². The van der Waals surface area contributed by atoms with Gasteiger partial charge in [0.2, 0.25) is 0 Å². The van der Waals surface area contributed by atoms with Gasteiger partial charge in [0.05, 0.1) is 0 Å². The molecule has 0 radical (unpaired) electrons.